The Morgan fingerprint density at radius 3 is 2.69 bits per heavy atom. The molecule has 4 rings (SSSR count). The Kier molecular flexibility index (Phi) is 6.44. The van der Waals surface area contributed by atoms with Gasteiger partial charge in [0.15, 0.2) is 0 Å². The third kappa shape index (κ3) is 4.77. The van der Waals surface area contributed by atoms with Gasteiger partial charge in [0.2, 0.25) is 5.95 Å². The fourth-order valence-corrected chi connectivity index (χ4v) is 3.33. The van der Waals surface area contributed by atoms with Gasteiger partial charge in [0, 0.05) is 53.5 Å². The standard InChI is InChI=1S/C23H22ClN7O/c1-15-13-27-23(30-21(15)31-9-8-26-14-31)28-19-6-4-17(5-7-19)22(32)29-20-10-16(11-24)2-3-18(20)12-25/h2-10,13-14H,11-12,25H2,1H3,(H,29,32)(H,27,28,30). The second kappa shape index (κ2) is 9.59. The van der Waals surface area contributed by atoms with Gasteiger partial charge in [-0.05, 0) is 48.4 Å². The predicted molar refractivity (Wildman–Crippen MR) is 125 cm³/mol. The van der Waals surface area contributed by atoms with E-state index in [0.717, 1.165) is 28.2 Å². The molecule has 0 spiro atoms. The van der Waals surface area contributed by atoms with Crippen molar-refractivity contribution >= 4 is 34.8 Å². The molecule has 0 aliphatic carbocycles. The van der Waals surface area contributed by atoms with E-state index in [1.165, 1.54) is 0 Å². The molecule has 32 heavy (non-hydrogen) atoms. The van der Waals surface area contributed by atoms with Crippen LogP contribution < -0.4 is 16.4 Å². The first-order valence-corrected chi connectivity index (χ1v) is 10.5. The maximum absolute atomic E-state index is 12.7. The van der Waals surface area contributed by atoms with Crippen LogP contribution in [0.5, 0.6) is 0 Å². The van der Waals surface area contributed by atoms with Gasteiger partial charge >= 0.3 is 0 Å². The number of rotatable bonds is 7. The molecule has 0 saturated carbocycles. The number of amides is 1. The zero-order valence-electron chi connectivity index (χ0n) is 17.4. The van der Waals surface area contributed by atoms with E-state index in [2.05, 4.69) is 25.6 Å². The van der Waals surface area contributed by atoms with Crippen LogP contribution in [0.3, 0.4) is 0 Å². The van der Waals surface area contributed by atoms with Gasteiger partial charge in [0.05, 0.1) is 0 Å². The summed E-state index contributed by atoms with van der Waals surface area (Å²) in [6, 6.07) is 12.7. The van der Waals surface area contributed by atoms with Crippen LogP contribution in [0.4, 0.5) is 17.3 Å². The highest BCUT2D eigenvalue weighted by molar-refractivity contribution is 6.17. The quantitative estimate of drug-likeness (QED) is 0.367. The summed E-state index contributed by atoms with van der Waals surface area (Å²) in [5.41, 5.74) is 10.4. The lowest BCUT2D eigenvalue weighted by molar-refractivity contribution is 0.102. The van der Waals surface area contributed by atoms with Gasteiger partial charge in [-0.25, -0.2) is 9.97 Å². The Morgan fingerprint density at radius 2 is 2.00 bits per heavy atom. The third-order valence-corrected chi connectivity index (χ3v) is 5.20. The van der Waals surface area contributed by atoms with E-state index >= 15 is 0 Å². The Hall–Kier alpha value is -3.75. The number of aromatic nitrogens is 4. The van der Waals surface area contributed by atoms with E-state index in [-0.39, 0.29) is 5.91 Å². The van der Waals surface area contributed by atoms with Crippen molar-refractivity contribution in [2.24, 2.45) is 5.73 Å². The first-order chi connectivity index (χ1) is 15.6. The van der Waals surface area contributed by atoms with E-state index in [4.69, 9.17) is 17.3 Å². The Bertz CT molecular complexity index is 1220. The molecule has 0 bridgehead atoms. The second-order valence-corrected chi connectivity index (χ2v) is 7.42. The molecule has 0 fully saturated rings. The normalized spacial score (nSPS) is 10.7. The fraction of sp³-hybridized carbons (Fsp3) is 0.130. The molecule has 0 atom stereocenters. The van der Waals surface area contributed by atoms with Crippen LogP contribution in [0.15, 0.2) is 67.4 Å². The molecular weight excluding hydrogens is 426 g/mol. The number of hydrogen-bond acceptors (Lipinski definition) is 6. The molecule has 0 saturated heterocycles. The molecule has 9 heteroatoms. The molecule has 4 N–H and O–H groups in total. The van der Waals surface area contributed by atoms with Crippen molar-refractivity contribution in [3.63, 3.8) is 0 Å². The largest absolute Gasteiger partial charge is 0.326 e. The molecule has 0 unspecified atom stereocenters. The number of nitrogens with one attached hydrogen (secondary N) is 2. The second-order valence-electron chi connectivity index (χ2n) is 7.16. The van der Waals surface area contributed by atoms with Crippen LogP contribution in [0.25, 0.3) is 5.82 Å². The summed E-state index contributed by atoms with van der Waals surface area (Å²) in [5.74, 6) is 1.32. The zero-order valence-corrected chi connectivity index (χ0v) is 18.2. The number of anilines is 3. The average molecular weight is 448 g/mol. The summed E-state index contributed by atoms with van der Waals surface area (Å²) >= 11 is 5.91. The minimum Gasteiger partial charge on any atom is -0.326 e. The van der Waals surface area contributed by atoms with E-state index in [1.54, 1.807) is 43.0 Å². The molecule has 4 aromatic rings. The van der Waals surface area contributed by atoms with E-state index in [9.17, 15) is 4.79 Å². The summed E-state index contributed by atoms with van der Waals surface area (Å²) in [6.07, 6.45) is 6.95. The monoisotopic (exact) mass is 447 g/mol. The van der Waals surface area contributed by atoms with E-state index in [0.29, 0.717) is 29.6 Å². The molecule has 162 valence electrons. The Morgan fingerprint density at radius 1 is 1.19 bits per heavy atom. The highest BCUT2D eigenvalue weighted by Crippen LogP contribution is 2.21. The molecule has 0 aliphatic rings. The molecule has 0 aliphatic heterocycles. The van der Waals surface area contributed by atoms with Crippen LogP contribution >= 0.6 is 11.6 Å². The van der Waals surface area contributed by atoms with Crippen molar-refractivity contribution < 1.29 is 4.79 Å². The molecule has 2 aromatic heterocycles. The van der Waals surface area contributed by atoms with Crippen molar-refractivity contribution in [3.8, 4) is 5.82 Å². The van der Waals surface area contributed by atoms with Gasteiger partial charge in [-0.3, -0.25) is 9.36 Å². The average Bonchev–Trinajstić information content (AvgIpc) is 3.35. The number of carbonyl (C=O) groups is 1. The maximum atomic E-state index is 12.7. The van der Waals surface area contributed by atoms with Crippen LogP contribution in [0, 0.1) is 6.92 Å². The number of carbonyl (C=O) groups excluding carboxylic acids is 1. The van der Waals surface area contributed by atoms with Gasteiger partial charge in [0.25, 0.3) is 5.91 Å². The first-order valence-electron chi connectivity index (χ1n) is 9.95. The predicted octanol–water partition coefficient (Wildman–Crippen LogP) is 4.16. The zero-order chi connectivity index (χ0) is 22.5. The fourth-order valence-electron chi connectivity index (χ4n) is 3.17. The van der Waals surface area contributed by atoms with Gasteiger partial charge < -0.3 is 16.4 Å². The number of nitrogens with two attached hydrogens (primary N) is 1. The number of alkyl halides is 1. The van der Waals surface area contributed by atoms with Crippen molar-refractivity contribution in [3.05, 3.63) is 89.6 Å². The number of imidazole rings is 1. The molecule has 1 amide bonds. The minimum absolute atomic E-state index is 0.230. The lowest BCUT2D eigenvalue weighted by atomic mass is 10.1. The lowest BCUT2D eigenvalue weighted by Crippen LogP contribution is -2.14. The number of hydrogen-bond donors (Lipinski definition) is 3. The molecule has 2 heterocycles. The lowest BCUT2D eigenvalue weighted by Gasteiger charge is -2.12. The third-order valence-electron chi connectivity index (χ3n) is 4.89. The van der Waals surface area contributed by atoms with Crippen LogP contribution in [-0.4, -0.2) is 25.4 Å². The van der Waals surface area contributed by atoms with Gasteiger partial charge in [-0.1, -0.05) is 12.1 Å². The molecular formula is C23H22ClN7O. The summed E-state index contributed by atoms with van der Waals surface area (Å²) in [4.78, 5) is 25.7. The van der Waals surface area contributed by atoms with Crippen LogP contribution in [-0.2, 0) is 12.4 Å². The Labute approximate surface area is 190 Å². The number of aryl methyl sites for hydroxylation is 1. The number of halogens is 1. The van der Waals surface area contributed by atoms with E-state index < -0.39 is 0 Å². The highest BCUT2D eigenvalue weighted by Gasteiger charge is 2.11. The first kappa shape index (κ1) is 21.5. The summed E-state index contributed by atoms with van der Waals surface area (Å²) in [5, 5.41) is 6.08. The van der Waals surface area contributed by atoms with Crippen LogP contribution in [0.1, 0.15) is 27.0 Å². The van der Waals surface area contributed by atoms with Crippen molar-refractivity contribution in [2.75, 3.05) is 10.6 Å². The van der Waals surface area contributed by atoms with Crippen molar-refractivity contribution in [1.82, 2.24) is 19.5 Å². The highest BCUT2D eigenvalue weighted by atomic mass is 35.5. The van der Waals surface area contributed by atoms with Gasteiger partial charge in [-0.2, -0.15) is 4.98 Å². The topological polar surface area (TPSA) is 111 Å². The number of benzene rings is 2. The van der Waals surface area contributed by atoms with Crippen LogP contribution in [0.2, 0.25) is 0 Å². The minimum atomic E-state index is -0.230. The molecule has 0 radical (unpaired) electrons. The maximum Gasteiger partial charge on any atom is 0.255 e. The van der Waals surface area contributed by atoms with Crippen molar-refractivity contribution in [2.45, 2.75) is 19.3 Å². The smallest absolute Gasteiger partial charge is 0.255 e. The summed E-state index contributed by atoms with van der Waals surface area (Å²) < 4.78 is 1.82. The SMILES string of the molecule is Cc1cnc(Nc2ccc(C(=O)Nc3cc(CCl)ccc3CN)cc2)nc1-n1ccnc1. The van der Waals surface area contributed by atoms with E-state index in [1.807, 2.05) is 35.9 Å². The summed E-state index contributed by atoms with van der Waals surface area (Å²) in [7, 11) is 0. The van der Waals surface area contributed by atoms with Crippen molar-refractivity contribution in [1.29, 1.82) is 0 Å². The van der Waals surface area contributed by atoms with Gasteiger partial charge in [0.1, 0.15) is 12.1 Å². The summed E-state index contributed by atoms with van der Waals surface area (Å²) in [6.45, 7) is 2.25. The molecule has 2 aromatic carbocycles. The molecule has 8 nitrogen and oxygen atoms in total. The Balaban J connectivity index is 1.48. The van der Waals surface area contributed by atoms with Gasteiger partial charge in [-0.15, -0.1) is 11.6 Å². The number of nitrogens with zero attached hydrogens (tertiary/aromatic N) is 4.